The number of rotatable bonds is 63. The first-order chi connectivity index (χ1) is 42.5. The molecule has 1 aliphatic rings. The summed E-state index contributed by atoms with van der Waals surface area (Å²) in [5.41, 5.74) is 26.4. The lowest BCUT2D eigenvalue weighted by Gasteiger charge is -2.15. The molecule has 0 saturated heterocycles. The van der Waals surface area contributed by atoms with Crippen molar-refractivity contribution in [2.24, 2.45) is 0 Å². The van der Waals surface area contributed by atoms with Crippen molar-refractivity contribution in [3.8, 4) is 0 Å². The molecule has 492 valence electrons. The van der Waals surface area contributed by atoms with Crippen molar-refractivity contribution in [1.29, 1.82) is 0 Å². The molecule has 0 spiro atoms. The first-order valence-corrected chi connectivity index (χ1v) is 39.4. The van der Waals surface area contributed by atoms with Crippen molar-refractivity contribution in [3.05, 3.63) is 98.6 Å². The molecule has 1 aliphatic heterocycles. The van der Waals surface area contributed by atoms with Crippen LogP contribution in [0.4, 0.5) is 0 Å². The van der Waals surface area contributed by atoms with Crippen molar-refractivity contribution in [3.63, 3.8) is 0 Å². The number of benzene rings is 2. The average Bonchev–Trinajstić information content (AvgIpc) is 1.85. The largest absolute Gasteiger partial charge is 0.493 e. The molecular formula is C84H146N2. The molecule has 0 aromatic heterocycles. The predicted molar refractivity (Wildman–Crippen MR) is 387 cm³/mol. The summed E-state index contributed by atoms with van der Waals surface area (Å²) >= 11 is 0. The fourth-order valence-corrected chi connectivity index (χ4v) is 14.0. The number of allylic oxidation sites excluding steroid dienone is 4. The molecule has 2 nitrogen and oxygen atoms in total. The van der Waals surface area contributed by atoms with Gasteiger partial charge >= 0.3 is 0 Å². The Labute approximate surface area is 538 Å². The monoisotopic (exact) mass is 1180 g/mol. The quantitative estimate of drug-likeness (QED) is 0.0466. The molecule has 3 rings (SSSR count). The molecule has 0 bridgehead atoms. The van der Waals surface area contributed by atoms with Gasteiger partial charge in [-0.3, -0.25) is 0 Å². The molecule has 0 aliphatic carbocycles. The summed E-state index contributed by atoms with van der Waals surface area (Å²) in [5.74, 6) is 0. The summed E-state index contributed by atoms with van der Waals surface area (Å²) in [4.78, 5) is 0. The van der Waals surface area contributed by atoms with E-state index in [4.69, 9.17) is 0 Å². The molecule has 2 heteroatoms. The number of unbranched alkanes of at least 4 members (excludes halogenated alkanes) is 49. The maximum Gasteiger partial charge on any atom is 0.215 e. The van der Waals surface area contributed by atoms with Crippen LogP contribution in [0.3, 0.4) is 0 Å². The highest BCUT2D eigenvalue weighted by Crippen LogP contribution is 2.44. The zero-order valence-corrected chi connectivity index (χ0v) is 58.9. The van der Waals surface area contributed by atoms with Gasteiger partial charge in [-0.25, -0.2) is 4.70 Å². The van der Waals surface area contributed by atoms with Crippen LogP contribution in [-0.4, -0.2) is 4.70 Å². The summed E-state index contributed by atoms with van der Waals surface area (Å²) in [5, 5.41) is 0. The second-order valence-corrected chi connectivity index (χ2v) is 27.9. The van der Waals surface area contributed by atoms with Gasteiger partial charge in [-0.15, -0.1) is 0 Å². The van der Waals surface area contributed by atoms with Crippen LogP contribution in [0, 0.1) is 0 Å². The molecule has 2 aromatic rings. The van der Waals surface area contributed by atoms with Gasteiger partial charge in [0.1, 0.15) is 0 Å². The Bertz CT molecular complexity index is 1990. The lowest BCUT2D eigenvalue weighted by molar-refractivity contribution is -0.345. The van der Waals surface area contributed by atoms with E-state index in [1.807, 2.05) is 0 Å². The summed E-state index contributed by atoms with van der Waals surface area (Å²) in [6, 6.07) is 15.1. The summed E-state index contributed by atoms with van der Waals surface area (Å²) in [6.07, 6.45) is 85.5. The van der Waals surface area contributed by atoms with Gasteiger partial charge in [-0.1, -0.05) is 374 Å². The van der Waals surface area contributed by atoms with Crippen LogP contribution in [-0.2, 0) is 25.7 Å². The summed E-state index contributed by atoms with van der Waals surface area (Å²) in [7, 11) is 0. The van der Waals surface area contributed by atoms with Gasteiger partial charge in [-0.05, 0) is 124 Å². The molecule has 86 heavy (non-hydrogen) atoms. The molecule has 2 aromatic carbocycles. The van der Waals surface area contributed by atoms with Crippen LogP contribution < -0.4 is 0 Å². The van der Waals surface area contributed by atoms with E-state index in [2.05, 4.69) is 90.1 Å². The highest BCUT2D eigenvalue weighted by molar-refractivity contribution is 5.84. The van der Waals surface area contributed by atoms with Gasteiger partial charge in [0, 0.05) is 16.7 Å². The Hall–Kier alpha value is -2.74. The topological polar surface area (TPSA) is 25.3 Å². The Morgan fingerprint density at radius 1 is 0.256 bits per heavy atom. The molecule has 0 atom stereocenters. The molecular weight excluding hydrogens is 1040 g/mol. The summed E-state index contributed by atoms with van der Waals surface area (Å²) < 4.78 is 1.73. The zero-order chi connectivity index (χ0) is 61.4. The number of hydrogen-bond donors (Lipinski definition) is 0. The molecule has 0 unspecified atom stereocenters. The second-order valence-electron chi connectivity index (χ2n) is 27.9. The fourth-order valence-electron chi connectivity index (χ4n) is 14.0. The maximum atomic E-state index is 13.2. The van der Waals surface area contributed by atoms with E-state index >= 15 is 0 Å². The third-order valence-corrected chi connectivity index (χ3v) is 19.5. The second kappa shape index (κ2) is 56.3. The van der Waals surface area contributed by atoms with Crippen molar-refractivity contribution in [2.45, 2.75) is 427 Å². The maximum absolute atomic E-state index is 13.2. The van der Waals surface area contributed by atoms with E-state index in [-0.39, 0.29) is 0 Å². The lowest BCUT2D eigenvalue weighted by atomic mass is 9.91. The molecule has 1 heterocycles. The summed E-state index contributed by atoms with van der Waals surface area (Å²) in [6.45, 7) is 14.0. The predicted octanol–water partition coefficient (Wildman–Crippen LogP) is 29.5. The minimum absolute atomic E-state index is 1.00. The van der Waals surface area contributed by atoms with Gasteiger partial charge in [0.25, 0.3) is 0 Å². The van der Waals surface area contributed by atoms with Crippen LogP contribution >= 0.6 is 0 Å². The molecule has 0 fully saturated rings. The van der Waals surface area contributed by atoms with Crippen LogP contribution in [0.1, 0.15) is 434 Å². The third-order valence-electron chi connectivity index (χ3n) is 19.5. The highest BCUT2D eigenvalue weighted by atomic mass is 15.2. The Balaban J connectivity index is 1.86. The third kappa shape index (κ3) is 38.1. The van der Waals surface area contributed by atoms with Crippen LogP contribution in [0.25, 0.3) is 16.9 Å². The lowest BCUT2D eigenvalue weighted by Crippen LogP contribution is -2.05. The van der Waals surface area contributed by atoms with Crippen LogP contribution in [0.5, 0.6) is 0 Å². The molecule has 0 saturated carbocycles. The van der Waals surface area contributed by atoms with Crippen molar-refractivity contribution in [1.82, 2.24) is 0 Å². The van der Waals surface area contributed by atoms with Gasteiger partial charge in [0.15, 0.2) is 0 Å². The van der Waals surface area contributed by atoms with Gasteiger partial charge in [-0.2, -0.15) is 0 Å². The Morgan fingerprint density at radius 2 is 0.477 bits per heavy atom. The number of aryl methyl sites for hydroxylation is 4. The molecule has 0 amide bonds. The van der Waals surface area contributed by atoms with E-state index in [0.29, 0.717) is 0 Å². The normalized spacial score (nSPS) is 12.9. The van der Waals surface area contributed by atoms with Crippen molar-refractivity contribution in [2.75, 3.05) is 0 Å². The Kier molecular flexibility index (Phi) is 50.7. The van der Waals surface area contributed by atoms with Gasteiger partial charge < -0.3 is 5.53 Å². The van der Waals surface area contributed by atoms with Gasteiger partial charge in [0.2, 0.25) is 11.4 Å². The minimum atomic E-state index is 1.00. The molecule has 0 N–H and O–H groups in total. The van der Waals surface area contributed by atoms with E-state index in [9.17, 15) is 5.53 Å². The highest BCUT2D eigenvalue weighted by Gasteiger charge is 2.35. The van der Waals surface area contributed by atoms with Crippen LogP contribution in [0.2, 0.25) is 0 Å². The van der Waals surface area contributed by atoms with Crippen molar-refractivity contribution >= 4 is 11.4 Å². The average molecular weight is 1180 g/mol. The standard InChI is InChI=1S/C84H146N2/c1-7-13-19-23-26-29-32-35-38-41-44-47-50-53-56-62-68-82-81(67-61-22-16-10-4)83(79-71-75(63-57-17-11-5)69-77(73-79)65-59-54-51-48-45-42-39-36-33-30-27-24-20-14-8-2)86(85)84(82)80-72-76(64-58-18-12-6)70-78(74-80)66-60-55-52-49-46-43-40-37-34-31-28-25-21-15-9-3/h62,68-74H,7-61,63-67H2,1-6H3. The molecule has 0 radical (unpaired) electrons. The van der Waals surface area contributed by atoms with Crippen LogP contribution in [0.15, 0.2) is 59.7 Å². The van der Waals surface area contributed by atoms with E-state index in [0.717, 1.165) is 56.3 Å². The number of hydrogen-bond acceptors (Lipinski definition) is 0. The SMILES string of the molecule is CCCCCCCCCCCCCCCCC=CC1=C(c2cc(CCCCC)cc(CCCCCCCCCCCCCCCCC)c2)[N+](=[N-])C(c2cc(CCCCC)cc(CCCCCCCCCCCCCCCCC)c2)=C1CCCCCC. The Morgan fingerprint density at radius 3 is 0.779 bits per heavy atom. The minimum Gasteiger partial charge on any atom is -0.493 e. The van der Waals surface area contributed by atoms with Crippen molar-refractivity contribution < 1.29 is 4.70 Å². The van der Waals surface area contributed by atoms with E-state index in [1.165, 1.54) is 385 Å². The smallest absolute Gasteiger partial charge is 0.215 e. The number of nitrogens with zero attached hydrogens (tertiary/aromatic N) is 2. The zero-order valence-electron chi connectivity index (χ0n) is 58.9. The first kappa shape index (κ1) is 77.5. The van der Waals surface area contributed by atoms with E-state index < -0.39 is 0 Å². The van der Waals surface area contributed by atoms with Gasteiger partial charge in [0.05, 0.1) is 5.57 Å². The fraction of sp³-hybridized carbons (Fsp3) is 0.786. The first-order valence-electron chi connectivity index (χ1n) is 39.4. The van der Waals surface area contributed by atoms with E-state index in [1.54, 1.807) is 4.70 Å².